The fourth-order valence-corrected chi connectivity index (χ4v) is 8.01. The van der Waals surface area contributed by atoms with Crippen LogP contribution in [0.15, 0.2) is 48.6 Å². The van der Waals surface area contributed by atoms with E-state index in [1.807, 2.05) is 39.4 Å². The van der Waals surface area contributed by atoms with E-state index >= 15 is 0 Å². The molecule has 3 unspecified atom stereocenters. The van der Waals surface area contributed by atoms with Gasteiger partial charge in [0.15, 0.2) is 0 Å². The first-order chi connectivity index (χ1) is 30.4. The molecule has 0 heterocycles. The Labute approximate surface area is 388 Å². The van der Waals surface area contributed by atoms with Crippen molar-refractivity contribution < 1.29 is 37.3 Å². The number of likely N-dealkylation sites (N-methyl/N-ethyl adjacent to an activating group) is 1. The minimum atomic E-state index is -4.69. The Morgan fingerprint density at radius 1 is 0.571 bits per heavy atom. The fraction of sp³-hybridized carbons (Fsp3) is 0.811. The van der Waals surface area contributed by atoms with Gasteiger partial charge in [0.1, 0.15) is 19.3 Å². The third-order valence-corrected chi connectivity index (χ3v) is 12.3. The van der Waals surface area contributed by atoms with E-state index in [0.29, 0.717) is 23.9 Å². The van der Waals surface area contributed by atoms with Crippen LogP contribution in [0.5, 0.6) is 0 Å². The Morgan fingerprint density at radius 3 is 1.51 bits per heavy atom. The van der Waals surface area contributed by atoms with E-state index in [4.69, 9.17) is 13.8 Å². The normalized spacial score (nSPS) is 14.3. The number of carbonyl (C=O) groups excluding carboxylic acids is 2. The Balaban J connectivity index is 5.48. The second-order valence-corrected chi connectivity index (χ2v) is 20.1. The lowest BCUT2D eigenvalue weighted by atomic mass is 10.0. The van der Waals surface area contributed by atoms with Crippen molar-refractivity contribution in [1.82, 2.24) is 5.32 Å². The van der Waals surface area contributed by atoms with Gasteiger partial charge in [-0.15, -0.1) is 0 Å². The average Bonchev–Trinajstić information content (AvgIpc) is 3.23. The maximum Gasteiger partial charge on any atom is 0.306 e. The van der Waals surface area contributed by atoms with E-state index in [1.54, 1.807) is 0 Å². The first-order valence-corrected chi connectivity index (χ1v) is 27.4. The number of carbonyl (C=O) groups is 2. The van der Waals surface area contributed by atoms with Crippen molar-refractivity contribution >= 4 is 19.7 Å². The highest BCUT2D eigenvalue weighted by Gasteiger charge is 2.27. The first-order valence-electron chi connectivity index (χ1n) is 26.0. The quantitative estimate of drug-likeness (QED) is 0.0162. The molecule has 0 spiro atoms. The van der Waals surface area contributed by atoms with Crippen LogP contribution in [0.3, 0.4) is 0 Å². The van der Waals surface area contributed by atoms with Crippen LogP contribution < -0.4 is 10.2 Å². The summed E-state index contributed by atoms with van der Waals surface area (Å²) in [6.45, 7) is 6.68. The number of nitrogens with one attached hydrogen (secondary N) is 1. The van der Waals surface area contributed by atoms with Gasteiger partial charge in [-0.1, -0.05) is 211 Å². The van der Waals surface area contributed by atoms with Crippen LogP contribution in [0.25, 0.3) is 0 Å². The van der Waals surface area contributed by atoms with E-state index in [-0.39, 0.29) is 24.9 Å². The highest BCUT2D eigenvalue weighted by atomic mass is 31.2. The second kappa shape index (κ2) is 43.8. The Morgan fingerprint density at radius 2 is 1.02 bits per heavy atom. The van der Waals surface area contributed by atoms with Crippen molar-refractivity contribution in [2.75, 3.05) is 40.9 Å². The zero-order valence-corrected chi connectivity index (χ0v) is 42.7. The Kier molecular flexibility index (Phi) is 42.4. The summed E-state index contributed by atoms with van der Waals surface area (Å²) in [5.74, 6) is -0.564. The van der Waals surface area contributed by atoms with E-state index < -0.39 is 26.6 Å². The van der Waals surface area contributed by atoms with Gasteiger partial charge in [-0.3, -0.25) is 14.2 Å². The lowest BCUT2D eigenvalue weighted by Crippen LogP contribution is -2.47. The number of ether oxygens (including phenoxy) is 1. The molecule has 368 valence electrons. The van der Waals surface area contributed by atoms with Gasteiger partial charge in [0.2, 0.25) is 5.91 Å². The summed E-state index contributed by atoms with van der Waals surface area (Å²) in [6, 6.07) is -0.891. The van der Waals surface area contributed by atoms with Crippen molar-refractivity contribution in [1.29, 1.82) is 0 Å². The third-order valence-electron chi connectivity index (χ3n) is 11.3. The van der Waals surface area contributed by atoms with Gasteiger partial charge in [0.25, 0.3) is 7.82 Å². The molecule has 0 bridgehead atoms. The van der Waals surface area contributed by atoms with E-state index in [2.05, 4.69) is 56.5 Å². The summed E-state index contributed by atoms with van der Waals surface area (Å²) >= 11 is 0. The number of unbranched alkanes of at least 4 members (excludes halogenated alkanes) is 26. The molecule has 0 aromatic carbocycles. The van der Waals surface area contributed by atoms with Crippen molar-refractivity contribution in [3.05, 3.63) is 48.6 Å². The fourth-order valence-electron chi connectivity index (χ4n) is 7.29. The number of hydrogen-bond acceptors (Lipinski definition) is 7. The molecule has 0 aromatic rings. The molecule has 9 nitrogen and oxygen atoms in total. The molecule has 1 amide bonds. The number of rotatable bonds is 46. The van der Waals surface area contributed by atoms with Crippen LogP contribution in [0.1, 0.15) is 226 Å². The van der Waals surface area contributed by atoms with Crippen molar-refractivity contribution in [3.8, 4) is 0 Å². The molecule has 0 radical (unpaired) electrons. The maximum atomic E-state index is 13.4. The molecule has 1 N–H and O–H groups in total. The maximum absolute atomic E-state index is 13.4. The van der Waals surface area contributed by atoms with Gasteiger partial charge in [-0.25, -0.2) is 0 Å². The van der Waals surface area contributed by atoms with Crippen molar-refractivity contribution in [2.45, 2.75) is 238 Å². The van der Waals surface area contributed by atoms with Crippen LogP contribution in [-0.4, -0.2) is 69.4 Å². The smallest absolute Gasteiger partial charge is 0.306 e. The van der Waals surface area contributed by atoms with Crippen molar-refractivity contribution in [2.24, 2.45) is 0 Å². The predicted molar refractivity (Wildman–Crippen MR) is 266 cm³/mol. The van der Waals surface area contributed by atoms with E-state index in [9.17, 15) is 19.0 Å². The van der Waals surface area contributed by atoms with Crippen LogP contribution >= 0.6 is 7.82 Å². The van der Waals surface area contributed by atoms with E-state index in [1.165, 1.54) is 109 Å². The molecule has 63 heavy (non-hydrogen) atoms. The molecule has 0 aliphatic heterocycles. The minimum absolute atomic E-state index is 0.0254. The van der Waals surface area contributed by atoms with Gasteiger partial charge in [0.05, 0.1) is 33.8 Å². The molecule has 0 aliphatic rings. The van der Waals surface area contributed by atoms with Crippen LogP contribution in [0.4, 0.5) is 0 Å². The Hall–Kier alpha value is -2.03. The third kappa shape index (κ3) is 44.9. The number of allylic oxidation sites excluding steroid dienone is 7. The van der Waals surface area contributed by atoms with Crippen LogP contribution in [0, 0.1) is 0 Å². The number of phosphoric ester groups is 1. The number of nitrogens with zero attached hydrogens (tertiary/aromatic N) is 1. The summed E-state index contributed by atoms with van der Waals surface area (Å²) in [5.41, 5.74) is 0. The standard InChI is InChI=1S/C53H99N2O7P/c1-7-10-13-16-19-22-25-27-30-32-35-38-41-44-51(62-53(57)46-43-40-37-34-31-28-26-23-20-17-14-11-8-2)50(49-61-63(58,59)60-48-47-55(4,5)6)54-52(56)45-42-39-36-33-29-24-21-18-15-12-9-3/h11,14,17,20,23,26,41,44,50-51H,7-10,12-13,15-16,18-19,21-22,24-25,27-40,42-43,45-49H2,1-6H3,(H-,54,56,58,59)/b14-11+,20-17+,26-23-,44-41+. The molecule has 0 saturated heterocycles. The summed E-state index contributed by atoms with van der Waals surface area (Å²) in [5, 5.41) is 3.00. The lowest BCUT2D eigenvalue weighted by molar-refractivity contribution is -0.870. The van der Waals surface area contributed by atoms with E-state index in [0.717, 1.165) is 77.0 Å². The highest BCUT2D eigenvalue weighted by Crippen LogP contribution is 2.38. The van der Waals surface area contributed by atoms with Gasteiger partial charge in [0, 0.05) is 12.8 Å². The second-order valence-electron chi connectivity index (χ2n) is 18.7. The summed E-state index contributed by atoms with van der Waals surface area (Å²) < 4.78 is 30.1. The summed E-state index contributed by atoms with van der Waals surface area (Å²) in [4.78, 5) is 39.6. The van der Waals surface area contributed by atoms with Gasteiger partial charge >= 0.3 is 5.97 Å². The summed E-state index contributed by atoms with van der Waals surface area (Å²) in [7, 11) is 1.17. The van der Waals surface area contributed by atoms with Crippen LogP contribution in [0.2, 0.25) is 0 Å². The van der Waals surface area contributed by atoms with Gasteiger partial charge in [-0.2, -0.15) is 0 Å². The number of phosphoric acid groups is 1. The zero-order valence-electron chi connectivity index (χ0n) is 41.8. The topological polar surface area (TPSA) is 114 Å². The first kappa shape index (κ1) is 61.0. The number of amides is 1. The Bertz CT molecular complexity index is 1230. The molecule has 0 saturated carbocycles. The minimum Gasteiger partial charge on any atom is -0.756 e. The SMILES string of the molecule is CC/C=C/C=C/C=C\CCCCCCCC(=O)OC(/C=C/CCCCCCCCCCCCC)C(COP(=O)([O-])OCC[N+](C)(C)C)NC(=O)CCCCCCCCCCCCC. The monoisotopic (exact) mass is 907 g/mol. The zero-order chi connectivity index (χ0) is 46.5. The molecule has 3 atom stereocenters. The predicted octanol–water partition coefficient (Wildman–Crippen LogP) is 14.4. The molecule has 0 aromatic heterocycles. The number of hydrogen-bond donors (Lipinski definition) is 1. The molecule has 0 aliphatic carbocycles. The largest absolute Gasteiger partial charge is 0.756 e. The van der Waals surface area contributed by atoms with Gasteiger partial charge < -0.3 is 28.5 Å². The van der Waals surface area contributed by atoms with Crippen molar-refractivity contribution in [3.63, 3.8) is 0 Å². The molecular weight excluding hydrogens is 808 g/mol. The average molecular weight is 907 g/mol. The highest BCUT2D eigenvalue weighted by molar-refractivity contribution is 7.45. The number of quaternary nitrogens is 1. The molecular formula is C53H99N2O7P. The van der Waals surface area contributed by atoms with Crippen LogP contribution in [-0.2, 0) is 27.9 Å². The molecule has 0 fully saturated rings. The molecule has 0 rings (SSSR count). The van der Waals surface area contributed by atoms with Gasteiger partial charge in [-0.05, 0) is 51.0 Å². The molecule has 10 heteroatoms. The summed E-state index contributed by atoms with van der Waals surface area (Å²) in [6.07, 6.45) is 50.7. The lowest BCUT2D eigenvalue weighted by Gasteiger charge is -2.30. The number of esters is 1.